The van der Waals surface area contributed by atoms with Crippen LogP contribution in [0.15, 0.2) is 0 Å². The van der Waals surface area contributed by atoms with Gasteiger partial charge < -0.3 is 9.84 Å². The predicted octanol–water partition coefficient (Wildman–Crippen LogP) is 1.88. The van der Waals surface area contributed by atoms with E-state index in [-0.39, 0.29) is 0 Å². The summed E-state index contributed by atoms with van der Waals surface area (Å²) in [6.07, 6.45) is 5.63. The fraction of sp³-hybridized carbons (Fsp3) is 0.923. The fourth-order valence-electron chi connectivity index (χ4n) is 3.42. The van der Waals surface area contributed by atoms with Crippen molar-refractivity contribution in [3.63, 3.8) is 0 Å². The van der Waals surface area contributed by atoms with E-state index < -0.39 is 11.5 Å². The zero-order valence-corrected chi connectivity index (χ0v) is 10.7. The van der Waals surface area contributed by atoms with Crippen molar-refractivity contribution in [1.82, 2.24) is 4.90 Å². The van der Waals surface area contributed by atoms with E-state index in [4.69, 9.17) is 4.74 Å². The summed E-state index contributed by atoms with van der Waals surface area (Å²) >= 11 is 0. The number of nitrogens with zero attached hydrogens (tertiary/aromatic N) is 1. The van der Waals surface area contributed by atoms with Gasteiger partial charge in [-0.25, -0.2) is 0 Å². The summed E-state index contributed by atoms with van der Waals surface area (Å²) in [6.45, 7) is 4.52. The molecule has 0 radical (unpaired) electrons. The lowest BCUT2D eigenvalue weighted by Gasteiger charge is -2.41. The van der Waals surface area contributed by atoms with Crippen molar-refractivity contribution < 1.29 is 14.6 Å². The van der Waals surface area contributed by atoms with Crippen LogP contribution in [0.4, 0.5) is 0 Å². The Bertz CT molecular complexity index is 276. The van der Waals surface area contributed by atoms with Crippen molar-refractivity contribution in [2.75, 3.05) is 19.8 Å². The molecule has 0 bridgehead atoms. The maximum Gasteiger partial charge on any atom is 0.324 e. The number of carbonyl (C=O) groups is 1. The second kappa shape index (κ2) is 5.36. The van der Waals surface area contributed by atoms with Gasteiger partial charge in [0.1, 0.15) is 5.54 Å². The fourth-order valence-corrected chi connectivity index (χ4v) is 3.42. The Morgan fingerprint density at radius 3 is 2.94 bits per heavy atom. The van der Waals surface area contributed by atoms with E-state index >= 15 is 0 Å². The largest absolute Gasteiger partial charge is 0.480 e. The van der Waals surface area contributed by atoms with E-state index in [0.29, 0.717) is 12.6 Å². The standard InChI is InChI=1S/C13H23NO3/c1-2-6-13(12(15)16)7-4-8-14(13)11-5-3-9-17-10-11/h11H,2-10H2,1H3,(H,15,16). The first-order valence-electron chi connectivity index (χ1n) is 6.78. The van der Waals surface area contributed by atoms with Gasteiger partial charge in [-0.3, -0.25) is 9.69 Å². The van der Waals surface area contributed by atoms with E-state index in [1.54, 1.807) is 0 Å². The molecule has 2 unspecified atom stereocenters. The molecule has 2 atom stereocenters. The summed E-state index contributed by atoms with van der Waals surface area (Å²) < 4.78 is 5.51. The summed E-state index contributed by atoms with van der Waals surface area (Å²) in [5.74, 6) is -0.637. The lowest BCUT2D eigenvalue weighted by atomic mass is 9.89. The Balaban J connectivity index is 2.15. The highest BCUT2D eigenvalue weighted by Gasteiger charge is 2.49. The molecule has 0 amide bonds. The van der Waals surface area contributed by atoms with Crippen LogP contribution in [0.5, 0.6) is 0 Å². The topological polar surface area (TPSA) is 49.8 Å². The Morgan fingerprint density at radius 2 is 2.35 bits per heavy atom. The number of rotatable bonds is 4. The van der Waals surface area contributed by atoms with E-state index in [1.165, 1.54) is 0 Å². The lowest BCUT2D eigenvalue weighted by Crippen LogP contribution is -2.56. The van der Waals surface area contributed by atoms with E-state index in [1.807, 2.05) is 0 Å². The molecule has 0 aromatic heterocycles. The first-order valence-corrected chi connectivity index (χ1v) is 6.78. The smallest absolute Gasteiger partial charge is 0.324 e. The van der Waals surface area contributed by atoms with E-state index in [9.17, 15) is 9.90 Å². The van der Waals surface area contributed by atoms with Crippen molar-refractivity contribution in [3.8, 4) is 0 Å². The molecule has 98 valence electrons. The van der Waals surface area contributed by atoms with Gasteiger partial charge in [-0.05, 0) is 38.6 Å². The van der Waals surface area contributed by atoms with Gasteiger partial charge in [0.25, 0.3) is 0 Å². The number of carboxylic acid groups (broad SMARTS) is 1. The normalized spacial score (nSPS) is 35.0. The molecule has 1 N–H and O–H groups in total. The second-order valence-corrected chi connectivity index (χ2v) is 5.25. The molecule has 0 aromatic carbocycles. The van der Waals surface area contributed by atoms with E-state index in [0.717, 1.165) is 51.7 Å². The minimum Gasteiger partial charge on any atom is -0.480 e. The molecular weight excluding hydrogens is 218 g/mol. The molecule has 2 aliphatic heterocycles. The summed E-state index contributed by atoms with van der Waals surface area (Å²) in [6, 6.07) is 0.314. The number of hydrogen-bond donors (Lipinski definition) is 1. The van der Waals surface area contributed by atoms with Crippen LogP contribution in [0.3, 0.4) is 0 Å². The monoisotopic (exact) mass is 241 g/mol. The van der Waals surface area contributed by atoms with Crippen LogP contribution >= 0.6 is 0 Å². The summed E-state index contributed by atoms with van der Waals surface area (Å²) in [4.78, 5) is 13.9. The van der Waals surface area contributed by atoms with Crippen LogP contribution in [0.2, 0.25) is 0 Å². The second-order valence-electron chi connectivity index (χ2n) is 5.25. The molecule has 2 saturated heterocycles. The Kier molecular flexibility index (Phi) is 4.05. The van der Waals surface area contributed by atoms with Gasteiger partial charge in [-0.15, -0.1) is 0 Å². The van der Waals surface area contributed by atoms with Crippen LogP contribution < -0.4 is 0 Å². The third kappa shape index (κ3) is 2.33. The third-order valence-electron chi connectivity index (χ3n) is 4.18. The predicted molar refractivity (Wildman–Crippen MR) is 65.1 cm³/mol. The minimum absolute atomic E-state index is 0.314. The third-order valence-corrected chi connectivity index (χ3v) is 4.18. The van der Waals surface area contributed by atoms with Gasteiger partial charge in [0, 0.05) is 12.6 Å². The highest BCUT2D eigenvalue weighted by atomic mass is 16.5. The maximum absolute atomic E-state index is 11.7. The molecule has 0 saturated carbocycles. The van der Waals surface area contributed by atoms with Crippen molar-refractivity contribution >= 4 is 5.97 Å². The van der Waals surface area contributed by atoms with Crippen molar-refractivity contribution in [3.05, 3.63) is 0 Å². The Morgan fingerprint density at radius 1 is 1.53 bits per heavy atom. The molecule has 2 fully saturated rings. The van der Waals surface area contributed by atoms with Gasteiger partial charge in [0.2, 0.25) is 0 Å². The zero-order valence-electron chi connectivity index (χ0n) is 10.7. The molecule has 2 heterocycles. The Labute approximate surface area is 103 Å². The quantitative estimate of drug-likeness (QED) is 0.816. The summed E-state index contributed by atoms with van der Waals surface area (Å²) in [5.41, 5.74) is -0.611. The number of hydrogen-bond acceptors (Lipinski definition) is 3. The van der Waals surface area contributed by atoms with Crippen molar-refractivity contribution in [2.24, 2.45) is 0 Å². The first-order chi connectivity index (χ1) is 8.20. The molecule has 4 nitrogen and oxygen atoms in total. The van der Waals surface area contributed by atoms with Gasteiger partial charge in [-0.2, -0.15) is 0 Å². The lowest BCUT2D eigenvalue weighted by molar-refractivity contribution is -0.153. The average Bonchev–Trinajstić information content (AvgIpc) is 2.76. The number of ether oxygens (including phenoxy) is 1. The van der Waals surface area contributed by atoms with Crippen LogP contribution in [0.25, 0.3) is 0 Å². The van der Waals surface area contributed by atoms with Gasteiger partial charge >= 0.3 is 5.97 Å². The van der Waals surface area contributed by atoms with Crippen molar-refractivity contribution in [1.29, 1.82) is 0 Å². The van der Waals surface area contributed by atoms with Crippen LogP contribution in [-0.4, -0.2) is 47.3 Å². The first kappa shape index (κ1) is 12.8. The number of carboxylic acids is 1. The highest BCUT2D eigenvalue weighted by Crippen LogP contribution is 2.37. The Hall–Kier alpha value is -0.610. The average molecular weight is 241 g/mol. The van der Waals surface area contributed by atoms with Crippen molar-refractivity contribution in [2.45, 2.75) is 57.0 Å². The van der Waals surface area contributed by atoms with E-state index in [2.05, 4.69) is 11.8 Å². The van der Waals surface area contributed by atoms with Gasteiger partial charge in [0.15, 0.2) is 0 Å². The molecule has 2 aliphatic rings. The summed E-state index contributed by atoms with van der Waals surface area (Å²) in [7, 11) is 0. The van der Waals surface area contributed by atoms with Gasteiger partial charge in [-0.1, -0.05) is 13.3 Å². The number of aliphatic carboxylic acids is 1. The minimum atomic E-state index is -0.637. The summed E-state index contributed by atoms with van der Waals surface area (Å²) in [5, 5.41) is 9.61. The van der Waals surface area contributed by atoms with Crippen LogP contribution in [-0.2, 0) is 9.53 Å². The molecule has 4 heteroatoms. The maximum atomic E-state index is 11.7. The number of likely N-dealkylation sites (tertiary alicyclic amines) is 1. The molecule has 0 aliphatic carbocycles. The molecule has 2 rings (SSSR count). The molecular formula is C13H23NO3. The van der Waals surface area contributed by atoms with Gasteiger partial charge in [0.05, 0.1) is 6.61 Å². The molecule has 0 spiro atoms. The highest BCUT2D eigenvalue weighted by molar-refractivity contribution is 5.79. The molecule has 17 heavy (non-hydrogen) atoms. The molecule has 0 aromatic rings. The van der Waals surface area contributed by atoms with Crippen LogP contribution in [0, 0.1) is 0 Å². The van der Waals surface area contributed by atoms with Crippen LogP contribution in [0.1, 0.15) is 45.4 Å². The zero-order chi connectivity index (χ0) is 12.3. The SMILES string of the molecule is CCCC1(C(=O)O)CCCN1C1CCCOC1.